The molecule has 2 rings (SSSR count). The van der Waals surface area contributed by atoms with Gasteiger partial charge in [0, 0.05) is 12.6 Å². The first-order chi connectivity index (χ1) is 9.04. The van der Waals surface area contributed by atoms with Crippen molar-refractivity contribution in [3.05, 3.63) is 11.4 Å². The smallest absolute Gasteiger partial charge is 0.244 e. The van der Waals surface area contributed by atoms with Crippen LogP contribution in [0.5, 0.6) is 0 Å². The van der Waals surface area contributed by atoms with Crippen LogP contribution in [-0.2, 0) is 11.3 Å². The number of piperidine rings is 1. The molecule has 1 amide bonds. The maximum absolute atomic E-state index is 12.4. The molecule has 106 valence electrons. The number of anilines is 1. The van der Waals surface area contributed by atoms with Crippen molar-refractivity contribution in [3.63, 3.8) is 0 Å². The fourth-order valence-corrected chi connectivity index (χ4v) is 2.84. The van der Waals surface area contributed by atoms with Crippen molar-refractivity contribution in [1.29, 1.82) is 0 Å². The van der Waals surface area contributed by atoms with Crippen LogP contribution in [-0.4, -0.2) is 33.2 Å². The Morgan fingerprint density at radius 3 is 2.74 bits per heavy atom. The minimum Gasteiger partial charge on any atom is -0.396 e. The van der Waals surface area contributed by atoms with Crippen molar-refractivity contribution in [3.8, 4) is 0 Å². The molecule has 1 aromatic rings. The number of nitrogens with zero attached hydrogens (tertiary/aromatic N) is 3. The summed E-state index contributed by atoms with van der Waals surface area (Å²) < 4.78 is 1.73. The third-order valence-corrected chi connectivity index (χ3v) is 4.14. The number of carbonyl (C=O) groups excluding carboxylic acids is 1. The highest BCUT2D eigenvalue weighted by molar-refractivity contribution is 5.76. The number of aromatic nitrogens is 2. The maximum Gasteiger partial charge on any atom is 0.244 e. The fourth-order valence-electron chi connectivity index (χ4n) is 2.84. The van der Waals surface area contributed by atoms with Gasteiger partial charge in [-0.2, -0.15) is 5.10 Å². The SMILES string of the molecule is CCC1CCCCN1C(=O)Cn1nc(C)c(N)c1C. The summed E-state index contributed by atoms with van der Waals surface area (Å²) in [6.45, 7) is 7.12. The summed E-state index contributed by atoms with van der Waals surface area (Å²) in [7, 11) is 0. The molecule has 1 aliphatic rings. The van der Waals surface area contributed by atoms with Gasteiger partial charge in [0.2, 0.25) is 5.91 Å². The van der Waals surface area contributed by atoms with Gasteiger partial charge in [0.15, 0.2) is 0 Å². The number of rotatable bonds is 3. The Hall–Kier alpha value is -1.52. The minimum atomic E-state index is 0.164. The highest BCUT2D eigenvalue weighted by Crippen LogP contribution is 2.21. The van der Waals surface area contributed by atoms with E-state index in [1.807, 2.05) is 18.7 Å². The van der Waals surface area contributed by atoms with E-state index in [0.717, 1.165) is 37.2 Å². The van der Waals surface area contributed by atoms with E-state index in [2.05, 4.69) is 12.0 Å². The highest BCUT2D eigenvalue weighted by atomic mass is 16.2. The van der Waals surface area contributed by atoms with Gasteiger partial charge in [0.1, 0.15) is 6.54 Å². The lowest BCUT2D eigenvalue weighted by molar-refractivity contribution is -0.135. The molecule has 1 saturated heterocycles. The third kappa shape index (κ3) is 2.74. The zero-order valence-corrected chi connectivity index (χ0v) is 12.1. The largest absolute Gasteiger partial charge is 0.396 e. The molecule has 1 unspecified atom stereocenters. The monoisotopic (exact) mass is 264 g/mol. The Morgan fingerprint density at radius 1 is 1.42 bits per heavy atom. The normalized spacial score (nSPS) is 19.7. The second kappa shape index (κ2) is 5.63. The van der Waals surface area contributed by atoms with Crippen molar-refractivity contribution in [2.24, 2.45) is 0 Å². The number of hydrogen-bond acceptors (Lipinski definition) is 3. The highest BCUT2D eigenvalue weighted by Gasteiger charge is 2.26. The molecule has 1 atom stereocenters. The van der Waals surface area contributed by atoms with E-state index in [1.165, 1.54) is 6.42 Å². The van der Waals surface area contributed by atoms with E-state index in [1.54, 1.807) is 4.68 Å². The first-order valence-electron chi connectivity index (χ1n) is 7.13. The molecule has 0 saturated carbocycles. The summed E-state index contributed by atoms with van der Waals surface area (Å²) in [4.78, 5) is 14.5. The lowest BCUT2D eigenvalue weighted by Crippen LogP contribution is -2.45. The second-order valence-electron chi connectivity index (χ2n) is 5.39. The number of likely N-dealkylation sites (tertiary alicyclic amines) is 1. The summed E-state index contributed by atoms with van der Waals surface area (Å²) in [6.07, 6.45) is 4.50. The van der Waals surface area contributed by atoms with Crippen LogP contribution in [0.25, 0.3) is 0 Å². The molecule has 0 radical (unpaired) electrons. The number of aryl methyl sites for hydroxylation is 1. The molecule has 5 heteroatoms. The molecule has 1 fully saturated rings. The predicted octanol–water partition coefficient (Wildman–Crippen LogP) is 1.87. The number of amides is 1. The van der Waals surface area contributed by atoms with Crippen LogP contribution in [0.2, 0.25) is 0 Å². The van der Waals surface area contributed by atoms with Gasteiger partial charge in [-0.15, -0.1) is 0 Å². The number of carbonyl (C=O) groups is 1. The zero-order valence-electron chi connectivity index (χ0n) is 12.1. The first-order valence-corrected chi connectivity index (χ1v) is 7.13. The maximum atomic E-state index is 12.4. The standard InChI is InChI=1S/C14H24N4O/c1-4-12-7-5-6-8-17(12)13(19)9-18-11(3)14(15)10(2)16-18/h12H,4-9,15H2,1-3H3. The predicted molar refractivity (Wildman–Crippen MR) is 75.8 cm³/mol. The van der Waals surface area contributed by atoms with Gasteiger partial charge in [-0.3, -0.25) is 9.48 Å². The average Bonchev–Trinajstić information content (AvgIpc) is 2.66. The van der Waals surface area contributed by atoms with Crippen LogP contribution >= 0.6 is 0 Å². The Labute approximate surface area is 114 Å². The molecule has 0 bridgehead atoms. The molecule has 5 nitrogen and oxygen atoms in total. The Morgan fingerprint density at radius 2 is 2.16 bits per heavy atom. The topological polar surface area (TPSA) is 64.2 Å². The van der Waals surface area contributed by atoms with E-state index >= 15 is 0 Å². The van der Waals surface area contributed by atoms with Gasteiger partial charge in [-0.25, -0.2) is 0 Å². The molecule has 19 heavy (non-hydrogen) atoms. The van der Waals surface area contributed by atoms with Crippen molar-refractivity contribution >= 4 is 11.6 Å². The van der Waals surface area contributed by atoms with Crippen LogP contribution in [0.4, 0.5) is 5.69 Å². The van der Waals surface area contributed by atoms with Gasteiger partial charge in [0.05, 0.1) is 17.1 Å². The summed E-state index contributed by atoms with van der Waals surface area (Å²) in [5.41, 5.74) is 8.28. The fraction of sp³-hybridized carbons (Fsp3) is 0.714. The zero-order chi connectivity index (χ0) is 14.0. The first kappa shape index (κ1) is 13.9. The van der Waals surface area contributed by atoms with Crippen LogP contribution in [0.15, 0.2) is 0 Å². The molecular formula is C14H24N4O. The van der Waals surface area contributed by atoms with Gasteiger partial charge < -0.3 is 10.6 Å². The van der Waals surface area contributed by atoms with Gasteiger partial charge >= 0.3 is 0 Å². The second-order valence-corrected chi connectivity index (χ2v) is 5.39. The third-order valence-electron chi connectivity index (χ3n) is 4.14. The molecule has 0 aliphatic carbocycles. The van der Waals surface area contributed by atoms with Gasteiger partial charge in [0.25, 0.3) is 0 Å². The molecule has 2 heterocycles. The lowest BCUT2D eigenvalue weighted by Gasteiger charge is -2.35. The van der Waals surface area contributed by atoms with E-state index in [9.17, 15) is 4.79 Å². The quantitative estimate of drug-likeness (QED) is 0.906. The summed E-state index contributed by atoms with van der Waals surface area (Å²) in [5.74, 6) is 0.164. The van der Waals surface area contributed by atoms with Crippen LogP contribution in [0, 0.1) is 13.8 Å². The van der Waals surface area contributed by atoms with Crippen molar-refractivity contribution in [2.75, 3.05) is 12.3 Å². The molecule has 1 aliphatic heterocycles. The Bertz CT molecular complexity index is 466. The summed E-state index contributed by atoms with van der Waals surface area (Å²) >= 11 is 0. The summed E-state index contributed by atoms with van der Waals surface area (Å²) in [5, 5.41) is 4.34. The van der Waals surface area contributed by atoms with E-state index in [-0.39, 0.29) is 5.91 Å². The molecule has 2 N–H and O–H groups in total. The van der Waals surface area contributed by atoms with Crippen LogP contribution in [0.1, 0.15) is 44.0 Å². The van der Waals surface area contributed by atoms with E-state index in [4.69, 9.17) is 5.73 Å². The molecular weight excluding hydrogens is 240 g/mol. The summed E-state index contributed by atoms with van der Waals surface area (Å²) in [6, 6.07) is 0.399. The van der Waals surface area contributed by atoms with Crippen molar-refractivity contribution in [2.45, 2.75) is 59.0 Å². The number of nitrogens with two attached hydrogens (primary N) is 1. The molecule has 1 aromatic heterocycles. The average molecular weight is 264 g/mol. The van der Waals surface area contributed by atoms with Crippen LogP contribution in [0.3, 0.4) is 0 Å². The van der Waals surface area contributed by atoms with Gasteiger partial charge in [-0.1, -0.05) is 6.92 Å². The van der Waals surface area contributed by atoms with Crippen LogP contribution < -0.4 is 5.73 Å². The molecule has 0 spiro atoms. The van der Waals surface area contributed by atoms with E-state index in [0.29, 0.717) is 18.3 Å². The lowest BCUT2D eigenvalue weighted by atomic mass is 10.00. The number of hydrogen-bond donors (Lipinski definition) is 1. The van der Waals surface area contributed by atoms with Gasteiger partial charge in [-0.05, 0) is 39.5 Å². The Kier molecular flexibility index (Phi) is 4.12. The Balaban J connectivity index is 2.09. The molecule has 0 aromatic carbocycles. The van der Waals surface area contributed by atoms with Crippen molar-refractivity contribution < 1.29 is 4.79 Å². The minimum absolute atomic E-state index is 0.164. The van der Waals surface area contributed by atoms with E-state index < -0.39 is 0 Å². The number of nitrogen functional groups attached to an aromatic ring is 1. The van der Waals surface area contributed by atoms with Crippen molar-refractivity contribution in [1.82, 2.24) is 14.7 Å².